The standard InChI is InChI=1S/C18H16ClN3O/c19-17-16(11-20-21-18(17)23)22(12-14-7-3-1-4-8-14)13-15-9-5-2-6-10-15/h1-11H,12-13H2,(H,21,23). The van der Waals surface area contributed by atoms with E-state index in [-0.39, 0.29) is 10.6 Å². The largest absolute Gasteiger partial charge is 0.360 e. The zero-order chi connectivity index (χ0) is 16.1. The first-order valence-corrected chi connectivity index (χ1v) is 7.68. The summed E-state index contributed by atoms with van der Waals surface area (Å²) in [5, 5.41) is 6.40. The number of aromatic nitrogens is 2. The van der Waals surface area contributed by atoms with Gasteiger partial charge >= 0.3 is 0 Å². The molecule has 0 aliphatic carbocycles. The van der Waals surface area contributed by atoms with Crippen LogP contribution >= 0.6 is 11.6 Å². The Balaban J connectivity index is 1.95. The number of anilines is 1. The third-order valence-electron chi connectivity index (χ3n) is 3.55. The summed E-state index contributed by atoms with van der Waals surface area (Å²) in [5.74, 6) is 0. The summed E-state index contributed by atoms with van der Waals surface area (Å²) >= 11 is 6.20. The highest BCUT2D eigenvalue weighted by Gasteiger charge is 2.14. The van der Waals surface area contributed by atoms with Gasteiger partial charge in [0.2, 0.25) is 0 Å². The van der Waals surface area contributed by atoms with E-state index < -0.39 is 0 Å². The molecule has 0 spiro atoms. The molecule has 2 aromatic carbocycles. The van der Waals surface area contributed by atoms with E-state index in [9.17, 15) is 4.79 Å². The Kier molecular flexibility index (Phi) is 4.74. The van der Waals surface area contributed by atoms with Crippen molar-refractivity contribution in [2.24, 2.45) is 0 Å². The first-order chi connectivity index (χ1) is 11.2. The Bertz CT molecular complexity index is 777. The molecule has 0 aliphatic heterocycles. The molecule has 1 aromatic heterocycles. The second-order valence-corrected chi connectivity index (χ2v) is 5.60. The molecule has 5 heteroatoms. The maximum Gasteiger partial charge on any atom is 0.285 e. The summed E-state index contributed by atoms with van der Waals surface area (Å²) in [6, 6.07) is 20.1. The quantitative estimate of drug-likeness (QED) is 0.779. The fourth-order valence-electron chi connectivity index (χ4n) is 2.43. The third-order valence-corrected chi connectivity index (χ3v) is 3.92. The molecule has 3 aromatic rings. The van der Waals surface area contributed by atoms with Gasteiger partial charge in [-0.3, -0.25) is 4.79 Å². The van der Waals surface area contributed by atoms with Gasteiger partial charge < -0.3 is 4.90 Å². The highest BCUT2D eigenvalue weighted by atomic mass is 35.5. The molecule has 4 nitrogen and oxygen atoms in total. The molecule has 0 saturated carbocycles. The van der Waals surface area contributed by atoms with Gasteiger partial charge in [-0.2, -0.15) is 5.10 Å². The van der Waals surface area contributed by atoms with E-state index in [1.807, 2.05) is 60.7 Å². The second kappa shape index (κ2) is 7.11. The number of benzene rings is 2. The molecule has 0 fully saturated rings. The van der Waals surface area contributed by atoms with Crippen LogP contribution in [0.3, 0.4) is 0 Å². The Morgan fingerprint density at radius 3 is 1.96 bits per heavy atom. The zero-order valence-corrected chi connectivity index (χ0v) is 13.2. The van der Waals surface area contributed by atoms with Crippen LogP contribution in [-0.2, 0) is 13.1 Å². The first-order valence-electron chi connectivity index (χ1n) is 7.30. The van der Waals surface area contributed by atoms with Crippen molar-refractivity contribution in [1.82, 2.24) is 10.2 Å². The van der Waals surface area contributed by atoms with E-state index in [0.29, 0.717) is 18.8 Å². The van der Waals surface area contributed by atoms with E-state index >= 15 is 0 Å². The van der Waals surface area contributed by atoms with E-state index in [4.69, 9.17) is 11.6 Å². The number of halogens is 1. The van der Waals surface area contributed by atoms with Gasteiger partial charge in [0.05, 0.1) is 11.9 Å². The number of aromatic amines is 1. The number of nitrogens with one attached hydrogen (secondary N) is 1. The van der Waals surface area contributed by atoms with Gasteiger partial charge in [0.1, 0.15) is 5.02 Å². The molecule has 0 bridgehead atoms. The highest BCUT2D eigenvalue weighted by molar-refractivity contribution is 6.32. The number of nitrogens with zero attached hydrogens (tertiary/aromatic N) is 2. The van der Waals surface area contributed by atoms with Crippen LogP contribution in [0.2, 0.25) is 5.02 Å². The van der Waals surface area contributed by atoms with Gasteiger partial charge in [-0.1, -0.05) is 72.3 Å². The van der Waals surface area contributed by atoms with Gasteiger partial charge in [-0.25, -0.2) is 5.10 Å². The van der Waals surface area contributed by atoms with Crippen LogP contribution in [0, 0.1) is 0 Å². The predicted molar refractivity (Wildman–Crippen MR) is 92.6 cm³/mol. The predicted octanol–water partition coefficient (Wildman–Crippen LogP) is 3.63. The van der Waals surface area contributed by atoms with Gasteiger partial charge in [0.15, 0.2) is 0 Å². The molecule has 0 radical (unpaired) electrons. The number of H-pyrrole nitrogens is 1. The van der Waals surface area contributed by atoms with E-state index in [2.05, 4.69) is 15.1 Å². The van der Waals surface area contributed by atoms with Gasteiger partial charge in [-0.15, -0.1) is 0 Å². The van der Waals surface area contributed by atoms with Crippen LogP contribution in [0.5, 0.6) is 0 Å². The average Bonchev–Trinajstić information content (AvgIpc) is 2.59. The summed E-state index contributed by atoms with van der Waals surface area (Å²) in [6.45, 7) is 1.28. The Morgan fingerprint density at radius 2 is 1.43 bits per heavy atom. The van der Waals surface area contributed by atoms with Crippen LogP contribution in [0.15, 0.2) is 71.7 Å². The van der Waals surface area contributed by atoms with Crippen molar-refractivity contribution in [2.75, 3.05) is 4.90 Å². The summed E-state index contributed by atoms with van der Waals surface area (Å²) in [5.41, 5.74) is 2.53. The van der Waals surface area contributed by atoms with Crippen LogP contribution in [0.25, 0.3) is 0 Å². The monoisotopic (exact) mass is 325 g/mol. The van der Waals surface area contributed by atoms with Gasteiger partial charge in [-0.05, 0) is 11.1 Å². The lowest BCUT2D eigenvalue weighted by atomic mass is 10.1. The number of hydrogen-bond acceptors (Lipinski definition) is 3. The van der Waals surface area contributed by atoms with E-state index in [1.54, 1.807) is 6.20 Å². The average molecular weight is 326 g/mol. The van der Waals surface area contributed by atoms with Crippen LogP contribution in [0.1, 0.15) is 11.1 Å². The third kappa shape index (κ3) is 3.79. The smallest absolute Gasteiger partial charge is 0.285 e. The minimum absolute atomic E-state index is 0.159. The highest BCUT2D eigenvalue weighted by Crippen LogP contribution is 2.24. The fourth-order valence-corrected chi connectivity index (χ4v) is 2.64. The Hall–Kier alpha value is -2.59. The van der Waals surface area contributed by atoms with Crippen molar-refractivity contribution < 1.29 is 0 Å². The van der Waals surface area contributed by atoms with Crippen molar-refractivity contribution in [1.29, 1.82) is 0 Å². The van der Waals surface area contributed by atoms with Crippen molar-refractivity contribution >= 4 is 17.3 Å². The van der Waals surface area contributed by atoms with Crippen molar-refractivity contribution in [3.8, 4) is 0 Å². The van der Waals surface area contributed by atoms with Crippen LogP contribution < -0.4 is 10.5 Å². The molecular formula is C18H16ClN3O. The van der Waals surface area contributed by atoms with Crippen LogP contribution in [-0.4, -0.2) is 10.2 Å². The molecule has 23 heavy (non-hydrogen) atoms. The summed E-state index contributed by atoms with van der Waals surface area (Å²) in [7, 11) is 0. The molecule has 0 atom stereocenters. The summed E-state index contributed by atoms with van der Waals surface area (Å²) in [4.78, 5) is 13.8. The Morgan fingerprint density at radius 1 is 0.913 bits per heavy atom. The van der Waals surface area contributed by atoms with Gasteiger partial charge in [0.25, 0.3) is 5.56 Å². The van der Waals surface area contributed by atoms with Crippen molar-refractivity contribution in [2.45, 2.75) is 13.1 Å². The maximum atomic E-state index is 11.8. The molecule has 0 aliphatic rings. The van der Waals surface area contributed by atoms with Crippen molar-refractivity contribution in [3.63, 3.8) is 0 Å². The van der Waals surface area contributed by atoms with E-state index in [0.717, 1.165) is 11.1 Å². The SMILES string of the molecule is O=c1[nH]ncc(N(Cc2ccccc2)Cc2ccccc2)c1Cl. The summed E-state index contributed by atoms with van der Waals surface area (Å²) in [6.07, 6.45) is 1.59. The molecule has 0 amide bonds. The molecule has 116 valence electrons. The van der Waals surface area contributed by atoms with Crippen molar-refractivity contribution in [3.05, 3.63) is 93.4 Å². The molecule has 0 saturated heterocycles. The molecule has 1 heterocycles. The lowest BCUT2D eigenvalue weighted by molar-refractivity contribution is 0.790. The molecule has 0 unspecified atom stereocenters. The normalized spacial score (nSPS) is 10.5. The summed E-state index contributed by atoms with van der Waals surface area (Å²) < 4.78 is 0. The molecule has 1 N–H and O–H groups in total. The minimum Gasteiger partial charge on any atom is -0.360 e. The Labute approximate surface area is 139 Å². The maximum absolute atomic E-state index is 11.8. The molecule has 3 rings (SSSR count). The van der Waals surface area contributed by atoms with Gasteiger partial charge in [0, 0.05) is 13.1 Å². The fraction of sp³-hybridized carbons (Fsp3) is 0.111. The number of rotatable bonds is 5. The van der Waals surface area contributed by atoms with Crippen LogP contribution in [0.4, 0.5) is 5.69 Å². The molecular weight excluding hydrogens is 310 g/mol. The zero-order valence-electron chi connectivity index (χ0n) is 12.4. The minimum atomic E-state index is -0.379. The second-order valence-electron chi connectivity index (χ2n) is 5.23. The lowest BCUT2D eigenvalue weighted by Gasteiger charge is -2.25. The first kappa shape index (κ1) is 15.3. The van der Waals surface area contributed by atoms with E-state index in [1.165, 1.54) is 0 Å². The lowest BCUT2D eigenvalue weighted by Crippen LogP contribution is -2.25. The number of hydrogen-bond donors (Lipinski definition) is 1. The topological polar surface area (TPSA) is 49.0 Å².